The van der Waals surface area contributed by atoms with Crippen LogP contribution in [0.1, 0.15) is 0 Å². The Kier molecular flexibility index (Phi) is 4.89. The van der Waals surface area contributed by atoms with Crippen molar-refractivity contribution >= 4 is 23.2 Å². The predicted octanol–water partition coefficient (Wildman–Crippen LogP) is 3.98. The van der Waals surface area contributed by atoms with Crippen LogP contribution in [-0.4, -0.2) is 35.0 Å². The molecule has 0 aliphatic rings. The van der Waals surface area contributed by atoms with Crippen molar-refractivity contribution in [1.82, 2.24) is 14.9 Å². The molecule has 0 bridgehead atoms. The number of nitrogens with one attached hydrogen (secondary N) is 2. The van der Waals surface area contributed by atoms with Crippen LogP contribution in [0.4, 0.5) is 22.0 Å². The average Bonchev–Trinajstić information content (AvgIpc) is 2.64. The normalized spacial score (nSPS) is 10.2. The summed E-state index contributed by atoms with van der Waals surface area (Å²) in [6.07, 6.45) is 1.54. The number of benzene rings is 2. The van der Waals surface area contributed by atoms with Crippen molar-refractivity contribution in [3.63, 3.8) is 0 Å². The molecule has 0 unspecified atom stereocenters. The summed E-state index contributed by atoms with van der Waals surface area (Å²) in [4.78, 5) is 21.7. The molecular formula is C19H19N5O. The van der Waals surface area contributed by atoms with Crippen molar-refractivity contribution < 1.29 is 4.79 Å². The van der Waals surface area contributed by atoms with Crippen molar-refractivity contribution in [2.24, 2.45) is 0 Å². The lowest BCUT2D eigenvalue weighted by Crippen LogP contribution is -2.27. The summed E-state index contributed by atoms with van der Waals surface area (Å²) in [6, 6.07) is 19.1. The summed E-state index contributed by atoms with van der Waals surface area (Å²) in [5, 5.41) is 6.04. The van der Waals surface area contributed by atoms with Crippen molar-refractivity contribution in [2.45, 2.75) is 0 Å². The zero-order valence-electron chi connectivity index (χ0n) is 14.1. The molecule has 6 nitrogen and oxygen atoms in total. The maximum absolute atomic E-state index is 11.6. The van der Waals surface area contributed by atoms with E-state index in [1.54, 1.807) is 14.1 Å². The molecule has 0 aliphatic heterocycles. The fourth-order valence-corrected chi connectivity index (χ4v) is 2.21. The Hall–Kier alpha value is -3.41. The van der Waals surface area contributed by atoms with E-state index in [0.29, 0.717) is 5.82 Å². The maximum atomic E-state index is 11.6. The number of amides is 2. The van der Waals surface area contributed by atoms with Gasteiger partial charge in [-0.1, -0.05) is 30.3 Å². The van der Waals surface area contributed by atoms with Crippen LogP contribution >= 0.6 is 0 Å². The third kappa shape index (κ3) is 4.32. The van der Waals surface area contributed by atoms with Gasteiger partial charge in [-0.3, -0.25) is 0 Å². The lowest BCUT2D eigenvalue weighted by Gasteiger charge is -2.12. The van der Waals surface area contributed by atoms with E-state index in [1.807, 2.05) is 60.7 Å². The number of carbonyl (C=O) groups excluding carboxylic acids is 1. The van der Waals surface area contributed by atoms with Gasteiger partial charge in [0.25, 0.3) is 0 Å². The molecule has 0 atom stereocenters. The summed E-state index contributed by atoms with van der Waals surface area (Å²) >= 11 is 0. The van der Waals surface area contributed by atoms with Crippen LogP contribution in [0.25, 0.3) is 11.3 Å². The van der Waals surface area contributed by atoms with Crippen molar-refractivity contribution in [2.75, 3.05) is 24.7 Å². The largest absolute Gasteiger partial charge is 0.340 e. The third-order valence-electron chi connectivity index (χ3n) is 3.55. The molecule has 1 aromatic heterocycles. The van der Waals surface area contributed by atoms with Gasteiger partial charge in [0.15, 0.2) is 0 Å². The van der Waals surface area contributed by atoms with Crippen LogP contribution in [0.2, 0.25) is 0 Å². The van der Waals surface area contributed by atoms with E-state index in [-0.39, 0.29) is 6.03 Å². The van der Waals surface area contributed by atoms with Gasteiger partial charge in [-0.15, -0.1) is 0 Å². The highest BCUT2D eigenvalue weighted by molar-refractivity contribution is 5.89. The second-order valence-corrected chi connectivity index (χ2v) is 5.68. The molecule has 2 amide bonds. The first-order valence-electron chi connectivity index (χ1n) is 7.85. The number of hydrogen-bond donors (Lipinski definition) is 2. The molecule has 0 spiro atoms. The minimum absolute atomic E-state index is 0.163. The van der Waals surface area contributed by atoms with E-state index in [4.69, 9.17) is 0 Å². The lowest BCUT2D eigenvalue weighted by atomic mass is 10.1. The molecule has 1 heterocycles. The molecule has 0 radical (unpaired) electrons. The van der Waals surface area contributed by atoms with Crippen LogP contribution < -0.4 is 10.6 Å². The number of aromatic nitrogens is 2. The van der Waals surface area contributed by atoms with E-state index >= 15 is 0 Å². The summed E-state index contributed by atoms with van der Waals surface area (Å²) in [5.41, 5.74) is 3.50. The standard InChI is InChI=1S/C19H19N5O/c1-24(2)19(25)23-16-10-8-15(9-11-16)22-18-12-17(20-13-21-18)14-6-4-3-5-7-14/h3-13H,1-2H3,(H,23,25)(H,20,21,22). The first-order valence-corrected chi connectivity index (χ1v) is 7.85. The fraction of sp³-hybridized carbons (Fsp3) is 0.105. The van der Waals surface area contributed by atoms with E-state index in [9.17, 15) is 4.79 Å². The average molecular weight is 333 g/mol. The van der Waals surface area contributed by atoms with E-state index in [2.05, 4.69) is 20.6 Å². The van der Waals surface area contributed by atoms with Gasteiger partial charge in [0.1, 0.15) is 12.1 Å². The molecule has 6 heteroatoms. The van der Waals surface area contributed by atoms with Crippen molar-refractivity contribution in [1.29, 1.82) is 0 Å². The van der Waals surface area contributed by atoms with Crippen LogP contribution in [-0.2, 0) is 0 Å². The van der Waals surface area contributed by atoms with Crippen molar-refractivity contribution in [3.05, 3.63) is 67.0 Å². The second kappa shape index (κ2) is 7.44. The van der Waals surface area contributed by atoms with Crippen LogP contribution in [0.15, 0.2) is 67.0 Å². The number of hydrogen-bond acceptors (Lipinski definition) is 4. The van der Waals surface area contributed by atoms with E-state index in [1.165, 1.54) is 11.2 Å². The third-order valence-corrected chi connectivity index (χ3v) is 3.55. The molecule has 0 fully saturated rings. The van der Waals surface area contributed by atoms with Gasteiger partial charge >= 0.3 is 6.03 Å². The van der Waals surface area contributed by atoms with Crippen molar-refractivity contribution in [3.8, 4) is 11.3 Å². The van der Waals surface area contributed by atoms with E-state index < -0.39 is 0 Å². The Bertz CT molecular complexity index is 847. The lowest BCUT2D eigenvalue weighted by molar-refractivity contribution is 0.230. The van der Waals surface area contributed by atoms with E-state index in [0.717, 1.165) is 22.6 Å². The second-order valence-electron chi connectivity index (χ2n) is 5.68. The molecule has 3 aromatic rings. The first kappa shape index (κ1) is 16.4. The number of anilines is 3. The van der Waals surface area contributed by atoms with Crippen LogP contribution in [0.3, 0.4) is 0 Å². The molecule has 2 aromatic carbocycles. The molecule has 25 heavy (non-hydrogen) atoms. The molecule has 2 N–H and O–H groups in total. The number of nitrogens with zero attached hydrogens (tertiary/aromatic N) is 3. The monoisotopic (exact) mass is 333 g/mol. The smallest absolute Gasteiger partial charge is 0.321 e. The van der Waals surface area contributed by atoms with Gasteiger partial charge in [-0.25, -0.2) is 14.8 Å². The Morgan fingerprint density at radius 2 is 1.60 bits per heavy atom. The topological polar surface area (TPSA) is 70.2 Å². The molecule has 0 aliphatic carbocycles. The minimum Gasteiger partial charge on any atom is -0.340 e. The molecule has 0 saturated carbocycles. The quantitative estimate of drug-likeness (QED) is 0.757. The zero-order valence-corrected chi connectivity index (χ0v) is 14.1. The van der Waals surface area contributed by atoms with Crippen LogP contribution in [0.5, 0.6) is 0 Å². The minimum atomic E-state index is -0.163. The SMILES string of the molecule is CN(C)C(=O)Nc1ccc(Nc2cc(-c3ccccc3)ncn2)cc1. The highest BCUT2D eigenvalue weighted by Crippen LogP contribution is 2.21. The fourth-order valence-electron chi connectivity index (χ4n) is 2.21. The van der Waals surface area contributed by atoms with Gasteiger partial charge in [0.2, 0.25) is 0 Å². The first-order chi connectivity index (χ1) is 12.1. The molecule has 3 rings (SSSR count). The summed E-state index contributed by atoms with van der Waals surface area (Å²) in [7, 11) is 3.40. The van der Waals surface area contributed by atoms with Gasteiger partial charge in [-0.05, 0) is 24.3 Å². The highest BCUT2D eigenvalue weighted by atomic mass is 16.2. The summed E-state index contributed by atoms with van der Waals surface area (Å²) in [6.45, 7) is 0. The summed E-state index contributed by atoms with van der Waals surface area (Å²) < 4.78 is 0. The Morgan fingerprint density at radius 1 is 0.920 bits per heavy atom. The molecular weight excluding hydrogens is 314 g/mol. The molecule has 126 valence electrons. The van der Waals surface area contributed by atoms with Crippen LogP contribution in [0, 0.1) is 0 Å². The van der Waals surface area contributed by atoms with Gasteiger partial charge in [0.05, 0.1) is 5.69 Å². The number of urea groups is 1. The summed E-state index contributed by atoms with van der Waals surface area (Å²) in [5.74, 6) is 0.707. The maximum Gasteiger partial charge on any atom is 0.321 e. The predicted molar refractivity (Wildman–Crippen MR) is 99.9 cm³/mol. The number of rotatable bonds is 4. The Labute approximate surface area is 146 Å². The zero-order chi connectivity index (χ0) is 17.6. The Balaban J connectivity index is 1.71. The highest BCUT2D eigenvalue weighted by Gasteiger charge is 2.05. The Morgan fingerprint density at radius 3 is 2.28 bits per heavy atom. The number of carbonyl (C=O) groups is 1. The van der Waals surface area contributed by atoms with Gasteiger partial charge in [0, 0.05) is 37.1 Å². The molecule has 0 saturated heterocycles. The van der Waals surface area contributed by atoms with Gasteiger partial charge in [-0.2, -0.15) is 0 Å². The van der Waals surface area contributed by atoms with Gasteiger partial charge < -0.3 is 15.5 Å².